The summed E-state index contributed by atoms with van der Waals surface area (Å²) in [5.74, 6) is 1.12. The van der Waals surface area contributed by atoms with E-state index >= 15 is 0 Å². The van der Waals surface area contributed by atoms with Crippen LogP contribution in [0.2, 0.25) is 0 Å². The summed E-state index contributed by atoms with van der Waals surface area (Å²) in [6, 6.07) is 14.5. The zero-order valence-corrected chi connectivity index (χ0v) is 15.6. The number of ether oxygens (including phenoxy) is 1. The smallest absolute Gasteiger partial charge is 0.260 e. The zero-order chi connectivity index (χ0) is 18.6. The first-order chi connectivity index (χ1) is 12.5. The number of benzene rings is 2. The van der Waals surface area contributed by atoms with Crippen molar-refractivity contribution in [3.8, 4) is 5.75 Å². The molecule has 0 bridgehead atoms. The summed E-state index contributed by atoms with van der Waals surface area (Å²) < 4.78 is 30.6. The largest absolute Gasteiger partial charge is 0.484 e. The third kappa shape index (κ3) is 4.25. The number of carbonyl (C=O) groups excluding carboxylic acids is 1. The molecule has 0 unspecified atom stereocenters. The zero-order valence-electron chi connectivity index (χ0n) is 14.8. The lowest BCUT2D eigenvalue weighted by Gasteiger charge is -2.30. The van der Waals surface area contributed by atoms with Gasteiger partial charge in [0.2, 0.25) is 9.84 Å². The van der Waals surface area contributed by atoms with E-state index in [2.05, 4.69) is 6.92 Å². The number of nitrogens with zero attached hydrogens (tertiary/aromatic N) is 1. The van der Waals surface area contributed by atoms with Crippen molar-refractivity contribution in [1.29, 1.82) is 0 Å². The number of rotatable bonds is 5. The summed E-state index contributed by atoms with van der Waals surface area (Å²) in [6.45, 7) is 3.72. The fourth-order valence-electron chi connectivity index (χ4n) is 2.95. The molecule has 2 aromatic carbocycles. The van der Waals surface area contributed by atoms with E-state index in [0.29, 0.717) is 11.7 Å². The van der Waals surface area contributed by atoms with E-state index in [9.17, 15) is 13.2 Å². The predicted molar refractivity (Wildman–Crippen MR) is 98.8 cm³/mol. The minimum Gasteiger partial charge on any atom is -0.484 e. The van der Waals surface area contributed by atoms with Crippen LogP contribution in [0.1, 0.15) is 19.8 Å². The second-order valence-electron chi connectivity index (χ2n) is 6.64. The lowest BCUT2D eigenvalue weighted by molar-refractivity contribution is -0.134. The Morgan fingerprint density at radius 3 is 2.19 bits per heavy atom. The monoisotopic (exact) mass is 373 g/mol. The highest BCUT2D eigenvalue weighted by Crippen LogP contribution is 2.23. The topological polar surface area (TPSA) is 63.7 Å². The summed E-state index contributed by atoms with van der Waals surface area (Å²) in [7, 11) is -3.54. The molecular weight excluding hydrogens is 350 g/mol. The molecule has 0 aliphatic carbocycles. The average Bonchev–Trinajstić information content (AvgIpc) is 2.67. The normalized spacial score (nSPS) is 15.7. The number of piperidine rings is 1. The number of sulfone groups is 1. The molecular formula is C20H23NO4S. The molecule has 1 aliphatic heterocycles. The second-order valence-corrected chi connectivity index (χ2v) is 8.59. The van der Waals surface area contributed by atoms with Gasteiger partial charge in [0.05, 0.1) is 9.79 Å². The minimum atomic E-state index is -3.54. The lowest BCUT2D eigenvalue weighted by atomic mass is 9.99. The molecule has 1 saturated heterocycles. The molecule has 5 nitrogen and oxygen atoms in total. The van der Waals surface area contributed by atoms with Crippen LogP contribution in [0.5, 0.6) is 5.75 Å². The molecule has 1 amide bonds. The van der Waals surface area contributed by atoms with Crippen LogP contribution in [-0.2, 0) is 14.6 Å². The van der Waals surface area contributed by atoms with E-state index in [4.69, 9.17) is 4.74 Å². The number of amides is 1. The number of hydrogen-bond acceptors (Lipinski definition) is 4. The van der Waals surface area contributed by atoms with E-state index in [1.807, 2.05) is 4.90 Å². The number of carbonyl (C=O) groups is 1. The van der Waals surface area contributed by atoms with Gasteiger partial charge in [-0.2, -0.15) is 0 Å². The fraction of sp³-hybridized carbons (Fsp3) is 0.350. The highest BCUT2D eigenvalue weighted by atomic mass is 32.2. The van der Waals surface area contributed by atoms with Crippen molar-refractivity contribution >= 4 is 15.7 Å². The van der Waals surface area contributed by atoms with Gasteiger partial charge < -0.3 is 9.64 Å². The Labute approximate surface area is 154 Å². The van der Waals surface area contributed by atoms with Crippen LogP contribution in [0, 0.1) is 5.92 Å². The Hall–Kier alpha value is -2.34. The van der Waals surface area contributed by atoms with Crippen molar-refractivity contribution in [3.63, 3.8) is 0 Å². The van der Waals surface area contributed by atoms with Gasteiger partial charge in [-0.15, -0.1) is 0 Å². The summed E-state index contributed by atoms with van der Waals surface area (Å²) in [5.41, 5.74) is 0. The van der Waals surface area contributed by atoms with Crippen LogP contribution in [-0.4, -0.2) is 38.9 Å². The van der Waals surface area contributed by atoms with Gasteiger partial charge in [-0.3, -0.25) is 4.79 Å². The van der Waals surface area contributed by atoms with Gasteiger partial charge in [0.1, 0.15) is 5.75 Å². The first-order valence-corrected chi connectivity index (χ1v) is 10.3. The lowest BCUT2D eigenvalue weighted by Crippen LogP contribution is -2.40. The molecule has 138 valence electrons. The third-order valence-corrected chi connectivity index (χ3v) is 6.47. The number of hydrogen-bond donors (Lipinski definition) is 0. The molecule has 0 N–H and O–H groups in total. The number of likely N-dealkylation sites (tertiary alicyclic amines) is 1. The van der Waals surface area contributed by atoms with Crippen molar-refractivity contribution in [1.82, 2.24) is 4.90 Å². The standard InChI is InChI=1S/C20H23NO4S/c1-16-11-13-21(14-12-16)20(22)15-25-17-7-9-19(10-8-17)26(23,24)18-5-3-2-4-6-18/h2-10,16H,11-15H2,1H3. The summed E-state index contributed by atoms with van der Waals surface area (Å²) in [4.78, 5) is 14.5. The maximum Gasteiger partial charge on any atom is 0.260 e. The highest BCUT2D eigenvalue weighted by Gasteiger charge is 2.21. The summed E-state index contributed by atoms with van der Waals surface area (Å²) in [6.07, 6.45) is 2.05. The first-order valence-electron chi connectivity index (χ1n) is 8.77. The molecule has 0 radical (unpaired) electrons. The Morgan fingerprint density at radius 1 is 1.00 bits per heavy atom. The Morgan fingerprint density at radius 2 is 1.58 bits per heavy atom. The maximum absolute atomic E-state index is 12.5. The summed E-state index contributed by atoms with van der Waals surface area (Å²) in [5, 5.41) is 0. The van der Waals surface area contributed by atoms with Crippen molar-refractivity contribution in [2.75, 3.05) is 19.7 Å². The molecule has 1 fully saturated rings. The highest BCUT2D eigenvalue weighted by molar-refractivity contribution is 7.91. The van der Waals surface area contributed by atoms with Crippen molar-refractivity contribution in [2.45, 2.75) is 29.6 Å². The quantitative estimate of drug-likeness (QED) is 0.808. The van der Waals surface area contributed by atoms with Crippen LogP contribution in [0.15, 0.2) is 64.4 Å². The van der Waals surface area contributed by atoms with Crippen LogP contribution < -0.4 is 4.74 Å². The Kier molecular flexibility index (Phi) is 5.61. The van der Waals surface area contributed by atoms with Crippen molar-refractivity contribution in [3.05, 3.63) is 54.6 Å². The average molecular weight is 373 g/mol. The van der Waals surface area contributed by atoms with Crippen LogP contribution in [0.4, 0.5) is 0 Å². The SMILES string of the molecule is CC1CCN(C(=O)COc2ccc(S(=O)(=O)c3ccccc3)cc2)CC1. The molecule has 26 heavy (non-hydrogen) atoms. The molecule has 0 spiro atoms. The summed E-state index contributed by atoms with van der Waals surface area (Å²) >= 11 is 0. The van der Waals surface area contributed by atoms with Gasteiger partial charge in [0.15, 0.2) is 6.61 Å². The van der Waals surface area contributed by atoms with Crippen LogP contribution >= 0.6 is 0 Å². The molecule has 1 heterocycles. The van der Waals surface area contributed by atoms with Gasteiger partial charge in [-0.1, -0.05) is 25.1 Å². The first kappa shape index (κ1) is 18.5. The molecule has 0 aromatic heterocycles. The molecule has 0 saturated carbocycles. The van der Waals surface area contributed by atoms with E-state index < -0.39 is 9.84 Å². The van der Waals surface area contributed by atoms with Gasteiger partial charge in [0, 0.05) is 13.1 Å². The van der Waals surface area contributed by atoms with Crippen LogP contribution in [0.3, 0.4) is 0 Å². The van der Waals surface area contributed by atoms with Gasteiger partial charge in [-0.25, -0.2) is 8.42 Å². The third-order valence-electron chi connectivity index (χ3n) is 4.69. The molecule has 0 atom stereocenters. The maximum atomic E-state index is 12.5. The molecule has 1 aliphatic rings. The van der Waals surface area contributed by atoms with Gasteiger partial charge >= 0.3 is 0 Å². The van der Waals surface area contributed by atoms with Crippen molar-refractivity contribution in [2.24, 2.45) is 5.92 Å². The molecule has 6 heteroatoms. The van der Waals surface area contributed by atoms with E-state index in [1.165, 1.54) is 12.1 Å². The van der Waals surface area contributed by atoms with E-state index in [1.54, 1.807) is 42.5 Å². The minimum absolute atomic E-state index is 0.0286. The predicted octanol–water partition coefficient (Wildman–Crippen LogP) is 3.16. The van der Waals surface area contributed by atoms with E-state index in [0.717, 1.165) is 25.9 Å². The fourth-order valence-corrected chi connectivity index (χ4v) is 4.23. The van der Waals surface area contributed by atoms with Crippen molar-refractivity contribution < 1.29 is 17.9 Å². The second kappa shape index (κ2) is 7.91. The molecule has 3 rings (SSSR count). The van der Waals surface area contributed by atoms with Gasteiger partial charge in [0.25, 0.3) is 5.91 Å². The Balaban J connectivity index is 1.61. The molecule has 2 aromatic rings. The van der Waals surface area contributed by atoms with Crippen LogP contribution in [0.25, 0.3) is 0 Å². The van der Waals surface area contributed by atoms with E-state index in [-0.39, 0.29) is 22.3 Å². The Bertz CT molecular complexity index is 839. The van der Waals surface area contributed by atoms with Gasteiger partial charge in [-0.05, 0) is 55.2 Å².